The fourth-order valence-electron chi connectivity index (χ4n) is 11.9. The topological polar surface area (TPSA) is 9.86 Å². The molecule has 0 aliphatic heterocycles. The van der Waals surface area contributed by atoms with Gasteiger partial charge in [0.15, 0.2) is 0 Å². The second kappa shape index (κ2) is 15.1. The highest BCUT2D eigenvalue weighted by molar-refractivity contribution is 6.36. The summed E-state index contributed by atoms with van der Waals surface area (Å²) < 4.78 is 4.85. The normalized spacial score (nSPS) is 12.0. The average molecular weight is 887 g/mol. The van der Waals surface area contributed by atoms with E-state index in [2.05, 4.69) is 264 Å². The van der Waals surface area contributed by atoms with E-state index >= 15 is 0 Å². The average Bonchev–Trinajstić information content (AvgIpc) is 3.95. The third-order valence-electron chi connectivity index (χ3n) is 15.1. The number of nitrogens with zero attached hydrogens (tertiary/aromatic N) is 2. The van der Waals surface area contributed by atoms with Crippen molar-refractivity contribution in [3.8, 4) is 44.8 Å². The van der Waals surface area contributed by atoms with Crippen molar-refractivity contribution in [3.63, 3.8) is 0 Å². The molecule has 15 aromatic rings. The molecule has 2 heteroatoms. The number of para-hydroxylation sites is 2. The Morgan fingerprint density at radius 2 is 0.671 bits per heavy atom. The highest BCUT2D eigenvalue weighted by atomic mass is 15.0. The zero-order valence-corrected chi connectivity index (χ0v) is 38.1. The maximum absolute atomic E-state index is 2.46. The maximum atomic E-state index is 2.46. The molecule has 0 amide bonds. The van der Waals surface area contributed by atoms with Crippen LogP contribution in [0.2, 0.25) is 0 Å². The Morgan fingerprint density at radius 1 is 0.200 bits per heavy atom. The van der Waals surface area contributed by atoms with Gasteiger partial charge in [0, 0.05) is 32.9 Å². The summed E-state index contributed by atoms with van der Waals surface area (Å²) in [6.45, 7) is 0. The van der Waals surface area contributed by atoms with Crippen LogP contribution in [0.4, 0.5) is 0 Å². The van der Waals surface area contributed by atoms with Crippen LogP contribution in [-0.2, 0) is 0 Å². The van der Waals surface area contributed by atoms with Crippen molar-refractivity contribution in [2.24, 2.45) is 0 Å². The molecule has 13 aromatic carbocycles. The lowest BCUT2D eigenvalue weighted by atomic mass is 9.85. The van der Waals surface area contributed by atoms with Crippen LogP contribution in [0.25, 0.3) is 142 Å². The second-order valence-corrected chi connectivity index (χ2v) is 18.8. The summed E-state index contributed by atoms with van der Waals surface area (Å²) >= 11 is 0. The van der Waals surface area contributed by atoms with Gasteiger partial charge in [-0.15, -0.1) is 0 Å². The number of hydrogen-bond donors (Lipinski definition) is 0. The Balaban J connectivity index is 0.866. The SMILES string of the molecule is c1ccc(-c2cccc(-n3c4ccccc4c4cc(-c5ccc6c(c5)c5ccccc5n6-c5ccc(-c6cc7c8ccccc8c8ccccc8c7c7c6ccc6ccccc67)cc5)ccc43)c2)cc1. The molecule has 0 N–H and O–H groups in total. The molecule has 0 radical (unpaired) electrons. The fourth-order valence-corrected chi connectivity index (χ4v) is 11.9. The van der Waals surface area contributed by atoms with Crippen molar-refractivity contribution in [2.75, 3.05) is 0 Å². The van der Waals surface area contributed by atoms with Gasteiger partial charge in [0.05, 0.1) is 22.1 Å². The Bertz CT molecular complexity index is 4620. The maximum Gasteiger partial charge on any atom is 0.0541 e. The van der Waals surface area contributed by atoms with Crippen LogP contribution in [0.1, 0.15) is 0 Å². The Hall–Kier alpha value is -9.24. The van der Waals surface area contributed by atoms with Crippen LogP contribution in [-0.4, -0.2) is 9.13 Å². The van der Waals surface area contributed by atoms with Gasteiger partial charge in [-0.2, -0.15) is 0 Å². The number of benzene rings is 13. The third-order valence-corrected chi connectivity index (χ3v) is 15.1. The highest BCUT2D eigenvalue weighted by Gasteiger charge is 2.20. The van der Waals surface area contributed by atoms with Crippen LogP contribution in [0.15, 0.2) is 255 Å². The molecular weight excluding hydrogens is 845 g/mol. The van der Waals surface area contributed by atoms with Crippen LogP contribution >= 0.6 is 0 Å². The Kier molecular flexibility index (Phi) is 8.39. The molecule has 0 aliphatic rings. The molecular formula is C68H42N2. The summed E-state index contributed by atoms with van der Waals surface area (Å²) in [5, 5.41) is 17.9. The molecule has 0 saturated carbocycles. The smallest absolute Gasteiger partial charge is 0.0541 e. The van der Waals surface area contributed by atoms with E-state index in [1.807, 2.05) is 0 Å². The van der Waals surface area contributed by atoms with Crippen molar-refractivity contribution in [1.82, 2.24) is 9.13 Å². The van der Waals surface area contributed by atoms with Gasteiger partial charge in [-0.1, -0.05) is 188 Å². The standard InChI is InChI=1S/C68H42N2/c1-2-15-43(16-3-1)46-18-14-19-50(39-46)70-64-28-13-11-25-56(64)61-41-48(33-38-66(61)70)47-32-37-65-60(40-47)55-24-10-12-27-63(55)69(65)49-34-29-45(30-35-49)59-42-62-54-23-7-6-21-52(54)53-22-8-9-26-57(53)68(62)67-51-20-5-4-17-44(51)31-36-58(59)67/h1-42H. The Labute approximate surface area is 404 Å². The third kappa shape index (κ3) is 5.74. The zero-order valence-electron chi connectivity index (χ0n) is 38.1. The van der Waals surface area contributed by atoms with Crippen molar-refractivity contribution in [2.45, 2.75) is 0 Å². The van der Waals surface area contributed by atoms with Gasteiger partial charge in [0.2, 0.25) is 0 Å². The van der Waals surface area contributed by atoms with Crippen LogP contribution in [0, 0.1) is 0 Å². The van der Waals surface area contributed by atoms with E-state index in [4.69, 9.17) is 0 Å². The molecule has 0 saturated heterocycles. The van der Waals surface area contributed by atoms with Gasteiger partial charge in [-0.25, -0.2) is 0 Å². The second-order valence-electron chi connectivity index (χ2n) is 18.8. The number of hydrogen-bond acceptors (Lipinski definition) is 0. The van der Waals surface area contributed by atoms with E-state index in [0.717, 1.165) is 11.4 Å². The minimum Gasteiger partial charge on any atom is -0.309 e. The molecule has 0 unspecified atom stereocenters. The zero-order chi connectivity index (χ0) is 45.9. The quantitative estimate of drug-likeness (QED) is 0.152. The number of rotatable bonds is 5. The van der Waals surface area contributed by atoms with Gasteiger partial charge < -0.3 is 9.13 Å². The lowest BCUT2D eigenvalue weighted by molar-refractivity contribution is 1.18. The predicted molar refractivity (Wildman–Crippen MR) is 299 cm³/mol. The Morgan fingerprint density at radius 3 is 1.34 bits per heavy atom. The molecule has 2 aromatic heterocycles. The van der Waals surface area contributed by atoms with Crippen molar-refractivity contribution in [1.29, 1.82) is 0 Å². The summed E-state index contributed by atoms with van der Waals surface area (Å²) in [5.74, 6) is 0. The van der Waals surface area contributed by atoms with E-state index in [1.54, 1.807) is 0 Å². The summed E-state index contributed by atoms with van der Waals surface area (Å²) in [7, 11) is 0. The molecule has 0 atom stereocenters. The summed E-state index contributed by atoms with van der Waals surface area (Å²) in [6.07, 6.45) is 0. The lowest BCUT2D eigenvalue weighted by Crippen LogP contribution is -1.94. The van der Waals surface area contributed by atoms with E-state index in [9.17, 15) is 0 Å². The molecule has 15 rings (SSSR count). The largest absolute Gasteiger partial charge is 0.309 e. The highest BCUT2D eigenvalue weighted by Crippen LogP contribution is 2.46. The molecule has 70 heavy (non-hydrogen) atoms. The van der Waals surface area contributed by atoms with Crippen LogP contribution < -0.4 is 0 Å². The molecule has 2 heterocycles. The van der Waals surface area contributed by atoms with Crippen LogP contribution in [0.3, 0.4) is 0 Å². The van der Waals surface area contributed by atoms with Crippen molar-refractivity contribution < 1.29 is 0 Å². The first-order valence-corrected chi connectivity index (χ1v) is 24.2. The molecule has 0 aliphatic carbocycles. The van der Waals surface area contributed by atoms with Crippen LogP contribution in [0.5, 0.6) is 0 Å². The number of fused-ring (bicyclic) bond motifs is 16. The summed E-state index contributed by atoms with van der Waals surface area (Å²) in [4.78, 5) is 0. The molecule has 0 fully saturated rings. The fraction of sp³-hybridized carbons (Fsp3) is 0. The monoisotopic (exact) mass is 886 g/mol. The van der Waals surface area contributed by atoms with E-state index in [-0.39, 0.29) is 0 Å². The van der Waals surface area contributed by atoms with Gasteiger partial charge in [-0.3, -0.25) is 0 Å². The van der Waals surface area contributed by atoms with E-state index in [1.165, 1.54) is 131 Å². The van der Waals surface area contributed by atoms with Crippen molar-refractivity contribution >= 4 is 97.5 Å². The first kappa shape index (κ1) is 38.8. The van der Waals surface area contributed by atoms with E-state index < -0.39 is 0 Å². The lowest BCUT2D eigenvalue weighted by Gasteiger charge is -2.18. The van der Waals surface area contributed by atoms with Gasteiger partial charge in [0.1, 0.15) is 0 Å². The molecule has 0 bridgehead atoms. The number of aromatic nitrogens is 2. The first-order chi connectivity index (χ1) is 34.7. The minimum atomic E-state index is 1.14. The van der Waals surface area contributed by atoms with Gasteiger partial charge in [-0.05, 0) is 154 Å². The minimum absolute atomic E-state index is 1.14. The summed E-state index contributed by atoms with van der Waals surface area (Å²) in [6, 6.07) is 94.3. The molecule has 2 nitrogen and oxygen atoms in total. The first-order valence-electron chi connectivity index (χ1n) is 24.2. The van der Waals surface area contributed by atoms with Gasteiger partial charge >= 0.3 is 0 Å². The predicted octanol–water partition coefficient (Wildman–Crippen LogP) is 18.6. The van der Waals surface area contributed by atoms with Gasteiger partial charge in [0.25, 0.3) is 0 Å². The molecule has 324 valence electrons. The van der Waals surface area contributed by atoms with Crippen molar-refractivity contribution in [3.05, 3.63) is 255 Å². The molecule has 0 spiro atoms. The van der Waals surface area contributed by atoms with E-state index in [0.29, 0.717) is 0 Å². The summed E-state index contributed by atoms with van der Waals surface area (Å²) in [5.41, 5.74) is 14.3.